The van der Waals surface area contributed by atoms with Crippen LogP contribution in [-0.4, -0.2) is 206 Å². The molecule has 16 heteroatoms. The van der Waals surface area contributed by atoms with Gasteiger partial charge in [0.1, 0.15) is 22.8 Å². The summed E-state index contributed by atoms with van der Waals surface area (Å²) in [5.41, 5.74) is -1.02. The van der Waals surface area contributed by atoms with Crippen molar-refractivity contribution >= 4 is 35.4 Å². The zero-order valence-electron chi connectivity index (χ0n) is 36.1. The lowest BCUT2D eigenvalue weighted by molar-refractivity contribution is -0.157. The van der Waals surface area contributed by atoms with Crippen LogP contribution in [0.4, 0.5) is 0 Å². The van der Waals surface area contributed by atoms with E-state index in [2.05, 4.69) is 29.4 Å². The molecule has 0 bridgehead atoms. The highest BCUT2D eigenvalue weighted by Gasteiger charge is 2.24. The number of carbonyl (C=O) groups is 6. The van der Waals surface area contributed by atoms with Crippen LogP contribution in [0.15, 0.2) is 0 Å². The van der Waals surface area contributed by atoms with Crippen molar-refractivity contribution in [3.63, 3.8) is 0 Å². The molecule has 0 amide bonds. The Kier molecular flexibility index (Phi) is 24.4. The van der Waals surface area contributed by atoms with Gasteiger partial charge >= 0.3 is 23.9 Å². The van der Waals surface area contributed by atoms with Gasteiger partial charge in [0.05, 0.1) is 32.8 Å². The monoisotopic (exact) mass is 799 g/mol. The highest BCUT2D eigenvalue weighted by atomic mass is 16.6. The minimum Gasteiger partial charge on any atom is -0.481 e. The van der Waals surface area contributed by atoms with Crippen LogP contribution < -0.4 is 0 Å². The van der Waals surface area contributed by atoms with Crippen molar-refractivity contribution < 1.29 is 48.1 Å². The van der Waals surface area contributed by atoms with Crippen LogP contribution in [0.3, 0.4) is 0 Å². The van der Waals surface area contributed by atoms with Crippen molar-refractivity contribution in [1.82, 2.24) is 29.4 Å². The van der Waals surface area contributed by atoms with Gasteiger partial charge in [0.15, 0.2) is 0 Å². The number of Topliss-reactive ketones (excluding diaryl/α,β-unsaturated/α-hetero) is 2. The second-order valence-corrected chi connectivity index (χ2v) is 16.8. The molecule has 0 atom stereocenters. The van der Waals surface area contributed by atoms with Crippen molar-refractivity contribution in [2.45, 2.75) is 99.2 Å². The zero-order valence-corrected chi connectivity index (χ0v) is 36.1. The van der Waals surface area contributed by atoms with E-state index in [0.717, 1.165) is 65.3 Å². The van der Waals surface area contributed by atoms with Gasteiger partial charge in [-0.2, -0.15) is 0 Å². The minimum absolute atomic E-state index is 0.116. The molecule has 1 N–H and O–H groups in total. The fourth-order valence-electron chi connectivity index (χ4n) is 6.32. The van der Waals surface area contributed by atoms with E-state index >= 15 is 0 Å². The molecule has 2 saturated heterocycles. The van der Waals surface area contributed by atoms with Crippen LogP contribution in [0.25, 0.3) is 0 Å². The molecule has 0 unspecified atom stereocenters. The van der Waals surface area contributed by atoms with Gasteiger partial charge < -0.3 is 29.1 Å². The Morgan fingerprint density at radius 2 is 0.786 bits per heavy atom. The van der Waals surface area contributed by atoms with Crippen molar-refractivity contribution in [2.75, 3.05) is 124 Å². The fraction of sp³-hybridized carbons (Fsp3) is 0.850. The van der Waals surface area contributed by atoms with Gasteiger partial charge in [0.2, 0.25) is 0 Å². The van der Waals surface area contributed by atoms with E-state index in [1.54, 1.807) is 13.8 Å². The van der Waals surface area contributed by atoms with E-state index in [0.29, 0.717) is 65.3 Å². The smallest absolute Gasteiger partial charge is 0.320 e. The first kappa shape index (κ1) is 51.0. The summed E-state index contributed by atoms with van der Waals surface area (Å²) in [7, 11) is 0. The lowest BCUT2D eigenvalue weighted by atomic mass is 10.2. The number of esters is 3. The lowest BCUT2D eigenvalue weighted by Gasteiger charge is -2.27. The van der Waals surface area contributed by atoms with Gasteiger partial charge in [-0.1, -0.05) is 0 Å². The minimum atomic E-state index is -0.788. The summed E-state index contributed by atoms with van der Waals surface area (Å²) in [5, 5.41) is 8.84. The number of ether oxygens (including phenoxy) is 3. The topological polar surface area (TPSA) is 170 Å². The molecular formula is C40H74N6O10. The summed E-state index contributed by atoms with van der Waals surface area (Å²) < 4.78 is 15.9. The first-order valence-corrected chi connectivity index (χ1v) is 20.3. The van der Waals surface area contributed by atoms with Gasteiger partial charge in [-0.05, 0) is 88.2 Å². The molecule has 2 fully saturated rings. The largest absolute Gasteiger partial charge is 0.481 e. The number of hydrogen-bond acceptors (Lipinski definition) is 15. The van der Waals surface area contributed by atoms with Crippen LogP contribution in [0.5, 0.6) is 0 Å². The van der Waals surface area contributed by atoms with Crippen LogP contribution in [0.2, 0.25) is 0 Å². The van der Waals surface area contributed by atoms with E-state index in [4.69, 9.17) is 19.3 Å². The van der Waals surface area contributed by atoms with E-state index in [1.807, 2.05) is 48.5 Å². The predicted octanol–water partition coefficient (Wildman–Crippen LogP) is 1.88. The van der Waals surface area contributed by atoms with Gasteiger partial charge in [-0.15, -0.1) is 0 Å². The number of nitrogens with zero attached hydrogens (tertiary/aromatic N) is 6. The number of carboxylic acids is 1. The molecule has 0 spiro atoms. The molecule has 2 heterocycles. The Labute approximate surface area is 336 Å². The van der Waals surface area contributed by atoms with E-state index in [-0.39, 0.29) is 49.0 Å². The Bertz CT molecular complexity index is 1220. The second-order valence-electron chi connectivity index (χ2n) is 16.8. The molecule has 56 heavy (non-hydrogen) atoms. The summed E-state index contributed by atoms with van der Waals surface area (Å²) >= 11 is 0. The van der Waals surface area contributed by atoms with Crippen LogP contribution in [0, 0.1) is 0 Å². The molecular weight excluding hydrogens is 724 g/mol. The fourth-order valence-corrected chi connectivity index (χ4v) is 6.32. The van der Waals surface area contributed by atoms with Crippen molar-refractivity contribution in [3.8, 4) is 0 Å². The lowest BCUT2D eigenvalue weighted by Crippen LogP contribution is -2.41. The average molecular weight is 799 g/mol. The number of carbonyl (C=O) groups excluding carboxylic acids is 5. The molecule has 0 aliphatic carbocycles. The second kappa shape index (κ2) is 26.8. The zero-order chi connectivity index (χ0) is 42.3. The van der Waals surface area contributed by atoms with Gasteiger partial charge in [-0.25, -0.2) is 0 Å². The molecule has 324 valence electrons. The molecule has 2 aliphatic heterocycles. The summed E-state index contributed by atoms with van der Waals surface area (Å²) in [6.07, 6.45) is 1.88. The maximum atomic E-state index is 12.3. The predicted molar refractivity (Wildman–Crippen MR) is 214 cm³/mol. The maximum absolute atomic E-state index is 12.3. The Morgan fingerprint density at radius 3 is 1.07 bits per heavy atom. The van der Waals surface area contributed by atoms with Crippen molar-refractivity contribution in [3.05, 3.63) is 0 Å². The third-order valence-electron chi connectivity index (χ3n) is 8.86. The SMILES string of the molecule is CC(=O)CN1CCN(CCCC(=O)O)CCN(CC(=O)OC(C)(C)C)CC1.CCOC(=O)CCCN1CCN(CC(C)=O)CCN(CC(=O)OC(C)(C)C)CC1. The Balaban J connectivity index is 0.000000561. The molecule has 0 aromatic heterocycles. The molecule has 0 radical (unpaired) electrons. The number of aliphatic carboxylic acids is 1. The number of rotatable bonds is 17. The van der Waals surface area contributed by atoms with Crippen molar-refractivity contribution in [1.29, 1.82) is 0 Å². The summed E-state index contributed by atoms with van der Waals surface area (Å²) in [5.74, 6) is -1.19. The summed E-state index contributed by atoms with van der Waals surface area (Å²) in [4.78, 5) is 82.8. The van der Waals surface area contributed by atoms with Crippen LogP contribution in [0.1, 0.15) is 88.0 Å². The highest BCUT2D eigenvalue weighted by molar-refractivity contribution is 5.78. The number of ketones is 2. The van der Waals surface area contributed by atoms with Gasteiger partial charge in [-0.3, -0.25) is 48.4 Å². The average Bonchev–Trinajstić information content (AvgIpc) is 3.19. The van der Waals surface area contributed by atoms with E-state index < -0.39 is 17.2 Å². The highest BCUT2D eigenvalue weighted by Crippen LogP contribution is 2.11. The molecule has 2 rings (SSSR count). The molecule has 0 aromatic rings. The number of hydrogen-bond donors (Lipinski definition) is 1. The molecule has 0 aromatic carbocycles. The number of carboxylic acid groups (broad SMARTS) is 1. The molecule has 16 nitrogen and oxygen atoms in total. The van der Waals surface area contributed by atoms with Gasteiger partial charge in [0, 0.05) is 91.4 Å². The quantitative estimate of drug-likeness (QED) is 0.167. The third-order valence-corrected chi connectivity index (χ3v) is 8.86. The summed E-state index contributed by atoms with van der Waals surface area (Å²) in [6.45, 7) is 28.3. The van der Waals surface area contributed by atoms with Crippen LogP contribution in [-0.2, 0) is 43.0 Å². The van der Waals surface area contributed by atoms with Crippen molar-refractivity contribution in [2.24, 2.45) is 0 Å². The van der Waals surface area contributed by atoms with Gasteiger partial charge in [0.25, 0.3) is 0 Å². The Morgan fingerprint density at radius 1 is 0.482 bits per heavy atom. The van der Waals surface area contributed by atoms with E-state index in [1.165, 1.54) is 0 Å². The first-order valence-electron chi connectivity index (χ1n) is 20.3. The summed E-state index contributed by atoms with van der Waals surface area (Å²) in [6, 6.07) is 0. The molecule has 2 aliphatic rings. The standard InChI is InChI=1S/C21H39N3O5.C19H35N3O5/c1-6-28-19(26)8-7-9-22-10-12-23(16-18(2)25)14-15-24(13-11-22)17-20(27)29-21(3,4)5;1-16(23)14-21-10-8-20(7-5-6-17(24)25)9-11-22(13-12-21)15-18(26)27-19(2,3)4/h6-17H2,1-5H3;5-15H2,1-4H3,(H,24,25). The normalized spacial score (nSPS) is 18.1. The molecule has 0 saturated carbocycles. The van der Waals surface area contributed by atoms with Crippen LogP contribution >= 0.6 is 0 Å². The van der Waals surface area contributed by atoms with E-state index in [9.17, 15) is 28.8 Å². The first-order chi connectivity index (χ1) is 26.1. The maximum Gasteiger partial charge on any atom is 0.320 e. The third kappa shape index (κ3) is 27.6. The Hall–Kier alpha value is -3.02.